The van der Waals surface area contributed by atoms with Crippen LogP contribution in [0.5, 0.6) is 0 Å². The number of ketones is 1. The van der Waals surface area contributed by atoms with Crippen LogP contribution in [0.3, 0.4) is 0 Å². The van der Waals surface area contributed by atoms with Gasteiger partial charge in [-0.25, -0.2) is 0 Å². The zero-order valence-electron chi connectivity index (χ0n) is 17.3. The zero-order chi connectivity index (χ0) is 20.7. The van der Waals surface area contributed by atoms with Crippen molar-refractivity contribution in [2.75, 3.05) is 12.4 Å². The second kappa shape index (κ2) is 8.32. The molecule has 0 bridgehead atoms. The largest absolute Gasteiger partial charge is 0.376 e. The van der Waals surface area contributed by atoms with Gasteiger partial charge in [0.25, 0.3) is 0 Å². The zero-order valence-corrected chi connectivity index (χ0v) is 19.0. The Morgan fingerprint density at radius 1 is 1.30 bits per heavy atom. The van der Waals surface area contributed by atoms with Crippen LogP contribution in [-0.2, 0) is 11.3 Å². The Balaban J connectivity index is 1.31. The summed E-state index contributed by atoms with van der Waals surface area (Å²) >= 11 is 3.18. The van der Waals surface area contributed by atoms with E-state index in [1.165, 1.54) is 11.8 Å². The van der Waals surface area contributed by atoms with Gasteiger partial charge in [0.1, 0.15) is 0 Å². The van der Waals surface area contributed by atoms with Crippen LogP contribution in [-0.4, -0.2) is 43.6 Å². The molecule has 1 saturated heterocycles. The number of thioether (sulfide) groups is 1. The Labute approximate surface area is 184 Å². The van der Waals surface area contributed by atoms with Crippen LogP contribution in [0.25, 0.3) is 10.7 Å². The number of Topliss-reactive ketones (excluding diaryl/α,β-unsaturated/α-hetero) is 1. The molecular weight excluding hydrogens is 416 g/mol. The van der Waals surface area contributed by atoms with Crippen LogP contribution in [0, 0.1) is 13.8 Å². The Morgan fingerprint density at radius 2 is 2.17 bits per heavy atom. The quantitative estimate of drug-likeness (QED) is 0.366. The highest BCUT2D eigenvalue weighted by Gasteiger charge is 2.31. The van der Waals surface area contributed by atoms with Crippen molar-refractivity contribution in [1.82, 2.24) is 19.3 Å². The van der Waals surface area contributed by atoms with E-state index in [-0.39, 0.29) is 11.9 Å². The van der Waals surface area contributed by atoms with Crippen molar-refractivity contribution in [3.63, 3.8) is 0 Å². The van der Waals surface area contributed by atoms with Crippen molar-refractivity contribution < 1.29 is 9.53 Å². The predicted molar refractivity (Wildman–Crippen MR) is 120 cm³/mol. The lowest BCUT2D eigenvalue weighted by Gasteiger charge is -2.14. The van der Waals surface area contributed by atoms with E-state index in [0.29, 0.717) is 11.8 Å². The molecule has 2 aliphatic rings. The van der Waals surface area contributed by atoms with Crippen molar-refractivity contribution in [2.45, 2.75) is 63.4 Å². The van der Waals surface area contributed by atoms with E-state index in [9.17, 15) is 4.79 Å². The minimum atomic E-state index is 0.148. The first-order valence-corrected chi connectivity index (χ1v) is 12.4. The number of carbonyl (C=O) groups is 1. The molecule has 5 rings (SSSR count). The third-order valence-corrected chi connectivity index (χ3v) is 7.74. The topological polar surface area (TPSA) is 61.9 Å². The molecule has 0 aromatic carbocycles. The number of carbonyl (C=O) groups excluding carboxylic acids is 1. The summed E-state index contributed by atoms with van der Waals surface area (Å²) in [5.74, 6) is 1.45. The maximum atomic E-state index is 13.1. The molecule has 0 radical (unpaired) electrons. The third-order valence-electron chi connectivity index (χ3n) is 5.93. The van der Waals surface area contributed by atoms with E-state index < -0.39 is 0 Å². The van der Waals surface area contributed by atoms with Gasteiger partial charge in [0, 0.05) is 36.1 Å². The highest BCUT2D eigenvalue weighted by molar-refractivity contribution is 7.99. The maximum absolute atomic E-state index is 13.1. The SMILES string of the molecule is Cc1cc(C(=O)CSc2nnc(-c3cccs3)n2C2CC2)c(C)n1C[C@H]1CCCO1. The van der Waals surface area contributed by atoms with Crippen molar-refractivity contribution in [3.8, 4) is 10.7 Å². The maximum Gasteiger partial charge on any atom is 0.192 e. The van der Waals surface area contributed by atoms with E-state index >= 15 is 0 Å². The fourth-order valence-corrected chi connectivity index (χ4v) is 5.77. The number of thiophene rings is 1. The highest BCUT2D eigenvalue weighted by Crippen LogP contribution is 2.41. The molecular formula is C22H26N4O2S2. The molecule has 30 heavy (non-hydrogen) atoms. The minimum absolute atomic E-state index is 0.148. The fraction of sp³-hybridized carbons (Fsp3) is 0.500. The van der Waals surface area contributed by atoms with Crippen molar-refractivity contribution >= 4 is 28.9 Å². The van der Waals surface area contributed by atoms with E-state index in [2.05, 4.69) is 37.7 Å². The molecule has 1 aliphatic heterocycles. The number of ether oxygens (including phenoxy) is 1. The van der Waals surface area contributed by atoms with Crippen LogP contribution in [0.4, 0.5) is 0 Å². The molecule has 0 unspecified atom stereocenters. The van der Waals surface area contributed by atoms with E-state index in [1.54, 1.807) is 11.3 Å². The van der Waals surface area contributed by atoms with Crippen LogP contribution in [0.1, 0.15) is 53.5 Å². The first kappa shape index (κ1) is 20.0. The molecule has 158 valence electrons. The molecule has 8 heteroatoms. The number of aromatic nitrogens is 4. The molecule has 1 atom stereocenters. The molecule has 0 spiro atoms. The summed E-state index contributed by atoms with van der Waals surface area (Å²) in [4.78, 5) is 14.2. The third kappa shape index (κ3) is 3.88. The molecule has 0 amide bonds. The normalized spacial score (nSPS) is 18.9. The van der Waals surface area contributed by atoms with Crippen LogP contribution in [0.2, 0.25) is 0 Å². The predicted octanol–water partition coefficient (Wildman–Crippen LogP) is 4.91. The highest BCUT2D eigenvalue weighted by atomic mass is 32.2. The number of rotatable bonds is 8. The van der Waals surface area contributed by atoms with Crippen LogP contribution in [0.15, 0.2) is 28.7 Å². The summed E-state index contributed by atoms with van der Waals surface area (Å²) < 4.78 is 10.2. The molecule has 4 heterocycles. The van der Waals surface area contributed by atoms with Gasteiger partial charge >= 0.3 is 0 Å². The lowest BCUT2D eigenvalue weighted by atomic mass is 10.2. The molecule has 3 aromatic rings. The Kier molecular flexibility index (Phi) is 5.56. The molecule has 2 fully saturated rings. The lowest BCUT2D eigenvalue weighted by Crippen LogP contribution is -2.17. The lowest BCUT2D eigenvalue weighted by molar-refractivity contribution is 0.0957. The van der Waals surface area contributed by atoms with Gasteiger partial charge in [0.15, 0.2) is 16.8 Å². The average molecular weight is 443 g/mol. The second-order valence-corrected chi connectivity index (χ2v) is 10.0. The van der Waals surface area contributed by atoms with Gasteiger partial charge in [0.05, 0.1) is 16.7 Å². The molecule has 6 nitrogen and oxygen atoms in total. The summed E-state index contributed by atoms with van der Waals surface area (Å²) in [5, 5.41) is 11.8. The second-order valence-electron chi connectivity index (χ2n) is 8.13. The standard InChI is InChI=1S/C22H26N4O2S2/c1-14-11-18(15(2)25(14)12-17-5-3-9-28-17)19(27)13-30-22-24-23-21(20-6-4-10-29-20)26(22)16-7-8-16/h4,6,10-11,16-17H,3,5,7-9,12-13H2,1-2H3/t17-/m1/s1. The fourth-order valence-electron chi connectivity index (χ4n) is 4.18. The van der Waals surface area contributed by atoms with Gasteiger partial charge < -0.3 is 9.30 Å². The summed E-state index contributed by atoms with van der Waals surface area (Å²) in [7, 11) is 0. The summed E-state index contributed by atoms with van der Waals surface area (Å²) in [6.07, 6.45) is 4.80. The van der Waals surface area contributed by atoms with Gasteiger partial charge in [-0.2, -0.15) is 0 Å². The van der Waals surface area contributed by atoms with Gasteiger partial charge in [-0.05, 0) is 57.0 Å². The van der Waals surface area contributed by atoms with Gasteiger partial charge in [0.2, 0.25) is 0 Å². The number of nitrogens with zero attached hydrogens (tertiary/aromatic N) is 4. The van der Waals surface area contributed by atoms with Crippen molar-refractivity contribution in [2.24, 2.45) is 0 Å². The van der Waals surface area contributed by atoms with Gasteiger partial charge in [-0.3, -0.25) is 9.36 Å². The molecule has 1 saturated carbocycles. The first-order chi connectivity index (χ1) is 14.6. The van der Waals surface area contributed by atoms with E-state index in [4.69, 9.17) is 4.74 Å². The summed E-state index contributed by atoms with van der Waals surface area (Å²) in [5.41, 5.74) is 2.97. The van der Waals surface area contributed by atoms with Crippen LogP contribution < -0.4 is 0 Å². The average Bonchev–Trinajstić information content (AvgIpc) is 3.18. The Hall–Kier alpha value is -1.90. The van der Waals surface area contributed by atoms with Gasteiger partial charge in [-0.15, -0.1) is 21.5 Å². The first-order valence-electron chi connectivity index (χ1n) is 10.5. The van der Waals surface area contributed by atoms with Gasteiger partial charge in [-0.1, -0.05) is 17.8 Å². The smallest absolute Gasteiger partial charge is 0.192 e. The van der Waals surface area contributed by atoms with Crippen molar-refractivity contribution in [1.29, 1.82) is 0 Å². The number of hydrogen-bond acceptors (Lipinski definition) is 6. The summed E-state index contributed by atoms with van der Waals surface area (Å²) in [6, 6.07) is 6.60. The molecule has 0 N–H and O–H groups in total. The van der Waals surface area contributed by atoms with E-state index in [1.807, 2.05) is 19.1 Å². The number of aryl methyl sites for hydroxylation is 1. The van der Waals surface area contributed by atoms with Crippen molar-refractivity contribution in [3.05, 3.63) is 40.5 Å². The monoisotopic (exact) mass is 442 g/mol. The molecule has 3 aromatic heterocycles. The minimum Gasteiger partial charge on any atom is -0.376 e. The number of hydrogen-bond donors (Lipinski definition) is 0. The Morgan fingerprint density at radius 3 is 2.87 bits per heavy atom. The molecule has 1 aliphatic carbocycles. The van der Waals surface area contributed by atoms with Crippen LogP contribution >= 0.6 is 23.1 Å². The summed E-state index contributed by atoms with van der Waals surface area (Å²) in [6.45, 7) is 5.80. The van der Waals surface area contributed by atoms with E-state index in [0.717, 1.165) is 71.6 Å². The Bertz CT molecular complexity index is 1040.